The van der Waals surface area contributed by atoms with Crippen molar-refractivity contribution in [2.75, 3.05) is 25.2 Å². The highest BCUT2D eigenvalue weighted by Crippen LogP contribution is 2.27. The molecule has 0 aromatic heterocycles. The standard InChI is InChI=1S/C21H21ClN4O4/c1-23-21(29)26(25-9-10-27)15-6-7-18(22)17(12-15)20(28)24-13-19-16-5-3-2-4-14(16)8-11-30-19/h2-7,9-10,12,19H,8,11,13H2,1H3,(H,23,29)(H,24,28)/b25-9-. The second-order valence-electron chi connectivity index (χ2n) is 6.45. The topological polar surface area (TPSA) is 100 Å². The summed E-state index contributed by atoms with van der Waals surface area (Å²) in [5, 5.41) is 10.2. The molecule has 30 heavy (non-hydrogen) atoms. The largest absolute Gasteiger partial charge is 0.371 e. The van der Waals surface area contributed by atoms with Gasteiger partial charge in [0.05, 0.1) is 29.1 Å². The molecule has 0 bridgehead atoms. The lowest BCUT2D eigenvalue weighted by atomic mass is 9.97. The number of aldehydes is 1. The maximum atomic E-state index is 12.8. The Balaban J connectivity index is 1.78. The number of rotatable bonds is 6. The van der Waals surface area contributed by atoms with Crippen LogP contribution in [0.5, 0.6) is 0 Å². The normalized spacial score (nSPS) is 15.3. The molecule has 2 N–H and O–H groups in total. The van der Waals surface area contributed by atoms with E-state index in [1.165, 1.54) is 30.8 Å². The van der Waals surface area contributed by atoms with E-state index in [2.05, 4.69) is 21.8 Å². The SMILES string of the molecule is CNC(=O)N(/N=C\C=O)c1ccc(Cl)c(C(=O)NCC2OCCc3ccccc32)c1. The molecule has 0 radical (unpaired) electrons. The van der Waals surface area contributed by atoms with Gasteiger partial charge in [0.2, 0.25) is 0 Å². The highest BCUT2D eigenvalue weighted by molar-refractivity contribution is 6.34. The van der Waals surface area contributed by atoms with Crippen LogP contribution in [0.3, 0.4) is 0 Å². The Morgan fingerprint density at radius 3 is 2.87 bits per heavy atom. The van der Waals surface area contributed by atoms with E-state index in [1.54, 1.807) is 0 Å². The minimum atomic E-state index is -0.575. The molecule has 2 aromatic rings. The fourth-order valence-electron chi connectivity index (χ4n) is 3.18. The average Bonchev–Trinajstić information content (AvgIpc) is 2.78. The minimum absolute atomic E-state index is 0.175. The predicted molar refractivity (Wildman–Crippen MR) is 114 cm³/mol. The third-order valence-corrected chi connectivity index (χ3v) is 4.96. The van der Waals surface area contributed by atoms with Gasteiger partial charge in [0.1, 0.15) is 6.10 Å². The molecule has 3 amide bonds. The first-order valence-corrected chi connectivity index (χ1v) is 9.69. The summed E-state index contributed by atoms with van der Waals surface area (Å²) in [4.78, 5) is 35.5. The quantitative estimate of drug-likeness (QED) is 0.419. The number of carbonyl (C=O) groups excluding carboxylic acids is 3. The van der Waals surface area contributed by atoms with E-state index in [-0.39, 0.29) is 28.9 Å². The molecule has 1 aliphatic heterocycles. The van der Waals surface area contributed by atoms with Crippen LogP contribution in [0, 0.1) is 0 Å². The van der Waals surface area contributed by atoms with Crippen LogP contribution in [0.25, 0.3) is 0 Å². The molecule has 3 rings (SSSR count). The Bertz CT molecular complexity index is 979. The van der Waals surface area contributed by atoms with Crippen molar-refractivity contribution in [1.29, 1.82) is 0 Å². The first kappa shape index (κ1) is 21.5. The summed E-state index contributed by atoms with van der Waals surface area (Å²) < 4.78 is 5.81. The van der Waals surface area contributed by atoms with Crippen LogP contribution >= 0.6 is 11.6 Å². The maximum absolute atomic E-state index is 12.8. The van der Waals surface area contributed by atoms with E-state index >= 15 is 0 Å². The summed E-state index contributed by atoms with van der Waals surface area (Å²) in [5.74, 6) is -0.412. The smallest absolute Gasteiger partial charge is 0.342 e. The second-order valence-corrected chi connectivity index (χ2v) is 6.86. The van der Waals surface area contributed by atoms with Crippen LogP contribution < -0.4 is 15.6 Å². The molecule has 1 atom stereocenters. The number of urea groups is 1. The van der Waals surface area contributed by atoms with Gasteiger partial charge in [-0.25, -0.2) is 4.79 Å². The molecule has 0 spiro atoms. The number of fused-ring (bicyclic) bond motifs is 1. The van der Waals surface area contributed by atoms with Crippen molar-refractivity contribution in [3.05, 3.63) is 64.2 Å². The van der Waals surface area contributed by atoms with Crippen molar-refractivity contribution >= 4 is 41.7 Å². The van der Waals surface area contributed by atoms with Gasteiger partial charge in [-0.05, 0) is 35.7 Å². The highest BCUT2D eigenvalue weighted by atomic mass is 35.5. The van der Waals surface area contributed by atoms with Crippen molar-refractivity contribution in [3.8, 4) is 0 Å². The second kappa shape index (κ2) is 10.00. The number of hydrazone groups is 1. The average molecular weight is 429 g/mol. The molecule has 1 aliphatic rings. The molecule has 9 heteroatoms. The van der Waals surface area contributed by atoms with E-state index in [4.69, 9.17) is 16.3 Å². The molecular weight excluding hydrogens is 408 g/mol. The first-order valence-electron chi connectivity index (χ1n) is 9.32. The Kier molecular flexibility index (Phi) is 7.16. The Morgan fingerprint density at radius 2 is 2.10 bits per heavy atom. The molecule has 8 nitrogen and oxygen atoms in total. The summed E-state index contributed by atoms with van der Waals surface area (Å²) in [7, 11) is 1.43. The van der Waals surface area contributed by atoms with Gasteiger partial charge in [-0.2, -0.15) is 10.1 Å². The maximum Gasteiger partial charge on any atom is 0.342 e. The van der Waals surface area contributed by atoms with Crippen molar-refractivity contribution in [2.45, 2.75) is 12.5 Å². The monoisotopic (exact) mass is 428 g/mol. The summed E-state index contributed by atoms with van der Waals surface area (Å²) >= 11 is 6.21. The molecule has 1 heterocycles. The highest BCUT2D eigenvalue weighted by Gasteiger charge is 2.22. The number of hydrogen-bond donors (Lipinski definition) is 2. The van der Waals surface area contributed by atoms with Gasteiger partial charge >= 0.3 is 6.03 Å². The number of hydrogen-bond acceptors (Lipinski definition) is 5. The zero-order valence-corrected chi connectivity index (χ0v) is 17.1. The van der Waals surface area contributed by atoms with Crippen LogP contribution in [0.15, 0.2) is 47.6 Å². The van der Waals surface area contributed by atoms with Gasteiger partial charge in [0.25, 0.3) is 5.91 Å². The van der Waals surface area contributed by atoms with Crippen molar-refractivity contribution < 1.29 is 19.1 Å². The van der Waals surface area contributed by atoms with E-state index in [9.17, 15) is 14.4 Å². The summed E-state index contributed by atoms with van der Waals surface area (Å²) in [6.07, 6.45) is 1.97. The first-order chi connectivity index (χ1) is 14.5. The number of nitrogens with zero attached hydrogens (tertiary/aromatic N) is 2. The van der Waals surface area contributed by atoms with Gasteiger partial charge in [0, 0.05) is 13.6 Å². The van der Waals surface area contributed by atoms with Crippen LogP contribution in [0.4, 0.5) is 10.5 Å². The lowest BCUT2D eigenvalue weighted by Gasteiger charge is -2.26. The summed E-state index contributed by atoms with van der Waals surface area (Å²) in [6, 6.07) is 11.8. The van der Waals surface area contributed by atoms with Crippen LogP contribution in [-0.2, 0) is 16.0 Å². The molecule has 0 saturated heterocycles. The Morgan fingerprint density at radius 1 is 1.30 bits per heavy atom. The third-order valence-electron chi connectivity index (χ3n) is 4.63. The fraction of sp³-hybridized carbons (Fsp3) is 0.238. The zero-order valence-electron chi connectivity index (χ0n) is 16.3. The van der Waals surface area contributed by atoms with E-state index in [0.717, 1.165) is 23.2 Å². The number of nitrogens with one attached hydrogen (secondary N) is 2. The molecule has 2 aromatic carbocycles. The number of amides is 3. The number of benzene rings is 2. The zero-order chi connectivity index (χ0) is 21.5. The Hall–Kier alpha value is -3.23. The summed E-state index contributed by atoms with van der Waals surface area (Å²) in [6.45, 7) is 0.864. The van der Waals surface area contributed by atoms with Gasteiger partial charge in [-0.3, -0.25) is 9.59 Å². The van der Waals surface area contributed by atoms with Crippen molar-refractivity contribution in [2.24, 2.45) is 5.10 Å². The number of ether oxygens (including phenoxy) is 1. The van der Waals surface area contributed by atoms with Gasteiger partial charge in [-0.1, -0.05) is 35.9 Å². The van der Waals surface area contributed by atoms with Crippen LogP contribution in [0.1, 0.15) is 27.6 Å². The van der Waals surface area contributed by atoms with E-state index in [1.807, 2.05) is 18.2 Å². The molecule has 0 aliphatic carbocycles. The van der Waals surface area contributed by atoms with Gasteiger partial charge in [0.15, 0.2) is 6.29 Å². The third kappa shape index (κ3) is 4.84. The van der Waals surface area contributed by atoms with Gasteiger partial charge < -0.3 is 15.4 Å². The van der Waals surface area contributed by atoms with E-state index < -0.39 is 11.9 Å². The molecule has 1 unspecified atom stereocenters. The molecular formula is C21H21ClN4O4. The van der Waals surface area contributed by atoms with E-state index in [0.29, 0.717) is 12.9 Å². The lowest BCUT2D eigenvalue weighted by Crippen LogP contribution is -2.35. The molecule has 0 saturated carbocycles. The molecule has 0 fully saturated rings. The van der Waals surface area contributed by atoms with Crippen LogP contribution in [-0.4, -0.2) is 44.6 Å². The van der Waals surface area contributed by atoms with Crippen molar-refractivity contribution in [1.82, 2.24) is 10.6 Å². The summed E-state index contributed by atoms with van der Waals surface area (Å²) in [5.41, 5.74) is 2.71. The van der Waals surface area contributed by atoms with Gasteiger partial charge in [-0.15, -0.1) is 0 Å². The fourth-order valence-corrected chi connectivity index (χ4v) is 3.38. The van der Waals surface area contributed by atoms with Crippen LogP contribution in [0.2, 0.25) is 5.02 Å². The number of carbonyl (C=O) groups is 3. The molecule has 156 valence electrons. The number of anilines is 1. The Labute approximate surface area is 178 Å². The lowest BCUT2D eigenvalue weighted by molar-refractivity contribution is -0.102. The minimum Gasteiger partial charge on any atom is -0.371 e. The number of halogens is 1. The predicted octanol–water partition coefficient (Wildman–Crippen LogP) is 2.71. The van der Waals surface area contributed by atoms with Crippen molar-refractivity contribution in [3.63, 3.8) is 0 Å².